The van der Waals surface area contributed by atoms with Gasteiger partial charge in [0.1, 0.15) is 5.75 Å². The minimum Gasteiger partial charge on any atom is -0.870 e. The number of rotatable bonds is 6. The molecule has 0 bridgehead atoms. The number of hydrogen-bond acceptors (Lipinski definition) is 4. The molecule has 0 unspecified atom stereocenters. The summed E-state index contributed by atoms with van der Waals surface area (Å²) in [7, 11) is 0. The topological polar surface area (TPSA) is 53.5 Å². The molecule has 1 aromatic heterocycles. The Hall–Kier alpha value is -0.360. The summed E-state index contributed by atoms with van der Waals surface area (Å²) < 4.78 is 0. The number of aromatic hydroxyl groups is 1. The van der Waals surface area contributed by atoms with E-state index in [1.807, 2.05) is 23.5 Å². The quantitative estimate of drug-likeness (QED) is 0.790. The van der Waals surface area contributed by atoms with E-state index >= 15 is 0 Å². The average molecular weight is 355 g/mol. The second kappa shape index (κ2) is 10.6. The van der Waals surface area contributed by atoms with Crippen LogP contribution in [-0.2, 0) is 19.3 Å². The van der Waals surface area contributed by atoms with E-state index in [9.17, 15) is 5.11 Å². The molecule has 0 saturated heterocycles. The molecule has 126 valence electrons. The first kappa shape index (κ1) is 21.7. The van der Waals surface area contributed by atoms with Crippen molar-refractivity contribution in [1.29, 1.82) is 0 Å². The molecule has 2 N–H and O–H groups in total. The molecule has 3 nitrogen and oxygen atoms in total. The van der Waals surface area contributed by atoms with E-state index in [1.54, 1.807) is 0 Å². The molecule has 1 aliphatic carbocycles. The van der Waals surface area contributed by atoms with Gasteiger partial charge in [-0.15, -0.1) is 11.3 Å². The van der Waals surface area contributed by atoms with Crippen molar-refractivity contribution in [3.05, 3.63) is 51.7 Å². The molecule has 1 aliphatic rings. The predicted octanol–water partition coefficient (Wildman–Crippen LogP) is 1.09. The standard InChI is InChI=1S/C19H25NOS.Na.H2O/c1-2-11-20(12-10-17-6-4-13-22-17)16-8-9-18-15(14-16)5-3-7-19(18)21;;/h3-7,13,16,21H,2,8-12,14H2,1H3;;1H2/q;+1;/p-1/t16-;;/m0../s1. The number of fused-ring (bicyclic) bond motifs is 1. The van der Waals surface area contributed by atoms with Gasteiger partial charge in [-0.2, -0.15) is 0 Å². The van der Waals surface area contributed by atoms with Gasteiger partial charge in [-0.1, -0.05) is 25.1 Å². The van der Waals surface area contributed by atoms with Gasteiger partial charge < -0.3 is 10.6 Å². The van der Waals surface area contributed by atoms with E-state index in [2.05, 4.69) is 35.4 Å². The Kier molecular flexibility index (Phi) is 9.57. The van der Waals surface area contributed by atoms with Crippen LogP contribution in [0.1, 0.15) is 35.8 Å². The molecule has 0 fully saturated rings. The Labute approximate surface area is 171 Å². The number of benzene rings is 1. The van der Waals surface area contributed by atoms with Crippen LogP contribution < -0.4 is 29.6 Å². The van der Waals surface area contributed by atoms with Crippen LogP contribution in [-0.4, -0.2) is 34.6 Å². The first-order chi connectivity index (χ1) is 10.8. The number of phenolic OH excluding ortho intramolecular Hbond substituents is 1. The molecule has 5 heteroatoms. The molecule has 0 aliphatic heterocycles. The van der Waals surface area contributed by atoms with Gasteiger partial charge in [0.05, 0.1) is 0 Å². The predicted molar refractivity (Wildman–Crippen MR) is 95.7 cm³/mol. The summed E-state index contributed by atoms with van der Waals surface area (Å²) in [6.45, 7) is 4.58. The van der Waals surface area contributed by atoms with Gasteiger partial charge in [0.2, 0.25) is 0 Å². The summed E-state index contributed by atoms with van der Waals surface area (Å²) in [4.78, 5) is 4.14. The summed E-state index contributed by atoms with van der Waals surface area (Å²) in [6.07, 6.45) is 5.60. The summed E-state index contributed by atoms with van der Waals surface area (Å²) in [5, 5.41) is 12.2. The smallest absolute Gasteiger partial charge is 0.870 e. The third-order valence-electron chi connectivity index (χ3n) is 4.68. The third kappa shape index (κ3) is 5.32. The minimum atomic E-state index is 0. The van der Waals surface area contributed by atoms with Crippen molar-refractivity contribution in [2.45, 2.75) is 45.1 Å². The van der Waals surface area contributed by atoms with Gasteiger partial charge in [-0.05, 0) is 67.3 Å². The van der Waals surface area contributed by atoms with E-state index in [-0.39, 0.29) is 35.0 Å². The third-order valence-corrected chi connectivity index (χ3v) is 5.62. The molecule has 1 heterocycles. The molecule has 3 rings (SSSR count). The Morgan fingerprint density at radius 2 is 2.04 bits per heavy atom. The molecule has 2 aromatic rings. The second-order valence-electron chi connectivity index (χ2n) is 6.18. The Bertz CT molecular complexity index is 603. The fraction of sp³-hybridized carbons (Fsp3) is 0.474. The number of phenols is 1. The van der Waals surface area contributed by atoms with Gasteiger partial charge in [0.25, 0.3) is 0 Å². The summed E-state index contributed by atoms with van der Waals surface area (Å²) in [6, 6.07) is 11.0. The monoisotopic (exact) mass is 355 g/mol. The molecular formula is C19H26NNaO2S. The van der Waals surface area contributed by atoms with Gasteiger partial charge >= 0.3 is 29.6 Å². The fourth-order valence-electron chi connectivity index (χ4n) is 3.55. The van der Waals surface area contributed by atoms with Gasteiger partial charge in [-0.3, -0.25) is 4.90 Å². The second-order valence-corrected chi connectivity index (χ2v) is 7.21. The van der Waals surface area contributed by atoms with Crippen molar-refractivity contribution < 1.29 is 40.1 Å². The molecular weight excluding hydrogens is 329 g/mol. The average Bonchev–Trinajstić information content (AvgIpc) is 3.05. The molecule has 0 saturated carbocycles. The number of nitrogens with zero attached hydrogens (tertiary/aromatic N) is 1. The zero-order valence-corrected chi connectivity index (χ0v) is 17.6. The minimum absolute atomic E-state index is 0. The first-order valence-corrected chi connectivity index (χ1v) is 9.22. The van der Waals surface area contributed by atoms with Crippen molar-refractivity contribution in [3.63, 3.8) is 0 Å². The first-order valence-electron chi connectivity index (χ1n) is 8.34. The molecule has 1 aromatic carbocycles. The summed E-state index contributed by atoms with van der Waals surface area (Å²) >= 11 is 1.86. The van der Waals surface area contributed by atoms with Crippen LogP contribution >= 0.6 is 11.3 Å². The zero-order chi connectivity index (χ0) is 15.4. The molecule has 1 atom stereocenters. The van der Waals surface area contributed by atoms with Crippen molar-refractivity contribution in [2.75, 3.05) is 13.1 Å². The molecule has 0 radical (unpaired) electrons. The Balaban J connectivity index is 0.00000144. The SMILES string of the molecule is CCCN(CCc1cccs1)[C@H]1CCc2c(O)cccc2C1.[Na+].[OH-]. The maximum absolute atomic E-state index is 10.0. The van der Waals surface area contributed by atoms with Gasteiger partial charge in [0.15, 0.2) is 0 Å². The van der Waals surface area contributed by atoms with Crippen LogP contribution in [0.2, 0.25) is 0 Å². The molecule has 0 spiro atoms. The Morgan fingerprint density at radius 1 is 1.21 bits per heavy atom. The largest absolute Gasteiger partial charge is 1.00 e. The van der Waals surface area contributed by atoms with E-state index in [0.29, 0.717) is 11.8 Å². The number of hydrogen-bond donors (Lipinski definition) is 1. The fourth-order valence-corrected chi connectivity index (χ4v) is 4.25. The molecule has 0 amide bonds. The van der Waals surface area contributed by atoms with Crippen LogP contribution in [0.5, 0.6) is 5.75 Å². The van der Waals surface area contributed by atoms with Crippen LogP contribution in [0.15, 0.2) is 35.7 Å². The van der Waals surface area contributed by atoms with Crippen molar-refractivity contribution in [3.8, 4) is 5.75 Å². The van der Waals surface area contributed by atoms with Crippen molar-refractivity contribution in [1.82, 2.24) is 4.90 Å². The van der Waals surface area contributed by atoms with E-state index in [4.69, 9.17) is 0 Å². The number of thiophene rings is 1. The zero-order valence-electron chi connectivity index (χ0n) is 14.7. The van der Waals surface area contributed by atoms with Crippen LogP contribution in [0.25, 0.3) is 0 Å². The van der Waals surface area contributed by atoms with Crippen molar-refractivity contribution >= 4 is 11.3 Å². The van der Waals surface area contributed by atoms with Crippen molar-refractivity contribution in [2.24, 2.45) is 0 Å². The van der Waals surface area contributed by atoms with Crippen LogP contribution in [0.4, 0.5) is 0 Å². The maximum atomic E-state index is 10.0. The summed E-state index contributed by atoms with van der Waals surface area (Å²) in [5.41, 5.74) is 2.52. The van der Waals surface area contributed by atoms with Gasteiger partial charge in [0, 0.05) is 17.5 Å². The van der Waals surface area contributed by atoms with Crippen LogP contribution in [0, 0.1) is 0 Å². The Morgan fingerprint density at radius 3 is 2.75 bits per heavy atom. The molecule has 24 heavy (non-hydrogen) atoms. The normalized spacial score (nSPS) is 16.2. The van der Waals surface area contributed by atoms with Crippen LogP contribution in [0.3, 0.4) is 0 Å². The maximum Gasteiger partial charge on any atom is 1.00 e. The van der Waals surface area contributed by atoms with E-state index < -0.39 is 0 Å². The van der Waals surface area contributed by atoms with Gasteiger partial charge in [-0.25, -0.2) is 0 Å². The van der Waals surface area contributed by atoms with E-state index in [1.165, 1.54) is 29.0 Å². The van der Waals surface area contributed by atoms with E-state index in [0.717, 1.165) is 32.2 Å². The summed E-state index contributed by atoms with van der Waals surface area (Å²) in [5.74, 6) is 0.483.